The number of hydrogen-bond acceptors (Lipinski definition) is 3. The van der Waals surface area contributed by atoms with Gasteiger partial charge in [-0.25, -0.2) is 4.98 Å². The van der Waals surface area contributed by atoms with Crippen LogP contribution in [0.1, 0.15) is 23.0 Å². The summed E-state index contributed by atoms with van der Waals surface area (Å²) >= 11 is 0. The number of rotatable bonds is 4. The van der Waals surface area contributed by atoms with E-state index in [0.29, 0.717) is 18.8 Å². The molecule has 2 N–H and O–H groups in total. The van der Waals surface area contributed by atoms with Crippen molar-refractivity contribution in [1.82, 2.24) is 14.5 Å². The molecule has 2 aromatic rings. The second kappa shape index (κ2) is 5.56. The molecule has 1 aromatic carbocycles. The lowest BCUT2D eigenvalue weighted by molar-refractivity contribution is 0.0747. The number of aryl methyl sites for hydroxylation is 1. The molecular weight excluding hydrogens is 240 g/mol. The first-order chi connectivity index (χ1) is 9.10. The number of nitrogen functional groups attached to an aromatic ring is 1. The molecule has 0 unspecified atom stereocenters. The molecular formula is C14H18N4O. The molecule has 0 spiro atoms. The summed E-state index contributed by atoms with van der Waals surface area (Å²) in [6, 6.07) is 7.55. The van der Waals surface area contributed by atoms with Gasteiger partial charge in [0.05, 0.1) is 6.33 Å². The minimum atomic E-state index is -0.0556. The van der Waals surface area contributed by atoms with Crippen LogP contribution in [0.3, 0.4) is 0 Å². The molecule has 5 heteroatoms. The summed E-state index contributed by atoms with van der Waals surface area (Å²) in [4.78, 5) is 18.1. The van der Waals surface area contributed by atoms with Gasteiger partial charge in [-0.05, 0) is 24.6 Å². The normalized spacial score (nSPS) is 10.4. The van der Waals surface area contributed by atoms with Crippen molar-refractivity contribution in [3.05, 3.63) is 48.0 Å². The minimum absolute atomic E-state index is 0.0556. The van der Waals surface area contributed by atoms with Crippen LogP contribution in [0, 0.1) is 0 Å². The van der Waals surface area contributed by atoms with Crippen LogP contribution >= 0.6 is 0 Å². The molecule has 0 saturated carbocycles. The minimum Gasteiger partial charge on any atom is -0.399 e. The molecule has 0 saturated heterocycles. The lowest BCUT2D eigenvalue weighted by atomic mass is 10.2. The largest absolute Gasteiger partial charge is 0.399 e. The predicted octanol–water partition coefficient (Wildman–Crippen LogP) is 1.66. The zero-order chi connectivity index (χ0) is 13.8. The van der Waals surface area contributed by atoms with Gasteiger partial charge in [-0.15, -0.1) is 0 Å². The zero-order valence-electron chi connectivity index (χ0n) is 11.2. The molecule has 0 aliphatic heterocycles. The van der Waals surface area contributed by atoms with Crippen LogP contribution in [0.15, 0.2) is 36.8 Å². The standard InChI is InChI=1S/C14H18N4O/c1-3-18(8-11-4-6-12(15)7-5-11)14(19)13-9-17(2)10-16-13/h4-7,9-10H,3,8,15H2,1-2H3. The Morgan fingerprint density at radius 2 is 2.05 bits per heavy atom. The van der Waals surface area contributed by atoms with Crippen molar-refractivity contribution in [2.75, 3.05) is 12.3 Å². The molecule has 19 heavy (non-hydrogen) atoms. The summed E-state index contributed by atoms with van der Waals surface area (Å²) in [6.07, 6.45) is 3.36. The van der Waals surface area contributed by atoms with Crippen LogP contribution in [-0.2, 0) is 13.6 Å². The van der Waals surface area contributed by atoms with E-state index >= 15 is 0 Å². The number of aromatic nitrogens is 2. The molecule has 5 nitrogen and oxygen atoms in total. The van der Waals surface area contributed by atoms with Crippen LogP contribution in [0.25, 0.3) is 0 Å². The van der Waals surface area contributed by atoms with Crippen molar-refractivity contribution < 1.29 is 4.79 Å². The average Bonchev–Trinajstić information content (AvgIpc) is 2.84. The maximum absolute atomic E-state index is 12.3. The van der Waals surface area contributed by atoms with Gasteiger partial charge >= 0.3 is 0 Å². The van der Waals surface area contributed by atoms with Crippen LogP contribution in [-0.4, -0.2) is 26.9 Å². The molecule has 0 radical (unpaired) electrons. The molecule has 1 heterocycles. The average molecular weight is 258 g/mol. The summed E-state index contributed by atoms with van der Waals surface area (Å²) in [5.74, 6) is -0.0556. The molecule has 0 bridgehead atoms. The SMILES string of the molecule is CCN(Cc1ccc(N)cc1)C(=O)c1cn(C)cn1. The first kappa shape index (κ1) is 13.1. The monoisotopic (exact) mass is 258 g/mol. The van der Waals surface area contributed by atoms with E-state index in [1.54, 1.807) is 22.0 Å². The van der Waals surface area contributed by atoms with Crippen LogP contribution in [0.2, 0.25) is 0 Å². The van der Waals surface area contributed by atoms with Crippen molar-refractivity contribution in [3.8, 4) is 0 Å². The highest BCUT2D eigenvalue weighted by atomic mass is 16.2. The summed E-state index contributed by atoms with van der Waals surface area (Å²) in [7, 11) is 1.85. The van der Waals surface area contributed by atoms with Gasteiger partial charge in [0.2, 0.25) is 0 Å². The van der Waals surface area contributed by atoms with Crippen molar-refractivity contribution in [3.63, 3.8) is 0 Å². The first-order valence-corrected chi connectivity index (χ1v) is 6.21. The highest BCUT2D eigenvalue weighted by Crippen LogP contribution is 2.11. The number of hydrogen-bond donors (Lipinski definition) is 1. The molecule has 100 valence electrons. The fourth-order valence-electron chi connectivity index (χ4n) is 1.86. The van der Waals surface area contributed by atoms with E-state index in [2.05, 4.69) is 4.98 Å². The molecule has 1 amide bonds. The number of nitrogens with two attached hydrogens (primary N) is 1. The van der Waals surface area contributed by atoms with Crippen molar-refractivity contribution in [2.45, 2.75) is 13.5 Å². The van der Waals surface area contributed by atoms with Crippen LogP contribution in [0.5, 0.6) is 0 Å². The Hall–Kier alpha value is -2.30. The molecule has 0 aliphatic carbocycles. The maximum Gasteiger partial charge on any atom is 0.274 e. The summed E-state index contributed by atoms with van der Waals surface area (Å²) in [6.45, 7) is 3.16. The number of anilines is 1. The fourth-order valence-corrected chi connectivity index (χ4v) is 1.86. The second-order valence-corrected chi connectivity index (χ2v) is 4.49. The van der Waals surface area contributed by atoms with Crippen molar-refractivity contribution in [1.29, 1.82) is 0 Å². The van der Waals surface area contributed by atoms with Crippen molar-refractivity contribution in [2.24, 2.45) is 7.05 Å². The van der Waals surface area contributed by atoms with Gasteiger partial charge in [0.1, 0.15) is 5.69 Å². The van der Waals surface area contributed by atoms with E-state index in [1.807, 2.05) is 38.2 Å². The lowest BCUT2D eigenvalue weighted by Gasteiger charge is -2.20. The highest BCUT2D eigenvalue weighted by Gasteiger charge is 2.16. The number of carbonyl (C=O) groups is 1. The second-order valence-electron chi connectivity index (χ2n) is 4.49. The number of imidazole rings is 1. The quantitative estimate of drug-likeness (QED) is 0.848. The smallest absolute Gasteiger partial charge is 0.274 e. The molecule has 0 atom stereocenters. The van der Waals surface area contributed by atoms with E-state index < -0.39 is 0 Å². The summed E-state index contributed by atoms with van der Waals surface area (Å²) in [5, 5.41) is 0. The number of benzene rings is 1. The number of amides is 1. The highest BCUT2D eigenvalue weighted by molar-refractivity contribution is 5.92. The summed E-state index contributed by atoms with van der Waals surface area (Å²) < 4.78 is 1.77. The molecule has 1 aromatic heterocycles. The molecule has 2 rings (SSSR count). The van der Waals surface area contributed by atoms with E-state index in [4.69, 9.17) is 5.73 Å². The van der Waals surface area contributed by atoms with Gasteiger partial charge in [0, 0.05) is 32.0 Å². The van der Waals surface area contributed by atoms with Gasteiger partial charge in [-0.3, -0.25) is 4.79 Å². The third-order valence-electron chi connectivity index (χ3n) is 2.95. The van der Waals surface area contributed by atoms with Gasteiger partial charge in [0.15, 0.2) is 0 Å². The Labute approximate surface area is 112 Å². The van der Waals surface area contributed by atoms with Gasteiger partial charge < -0.3 is 15.2 Å². The van der Waals surface area contributed by atoms with E-state index in [1.165, 1.54) is 0 Å². The van der Waals surface area contributed by atoms with E-state index in [9.17, 15) is 4.79 Å². The summed E-state index contributed by atoms with van der Waals surface area (Å²) in [5.41, 5.74) is 7.90. The number of carbonyl (C=O) groups excluding carboxylic acids is 1. The van der Waals surface area contributed by atoms with Gasteiger partial charge in [-0.2, -0.15) is 0 Å². The van der Waals surface area contributed by atoms with Gasteiger partial charge in [0.25, 0.3) is 5.91 Å². The predicted molar refractivity (Wildman–Crippen MR) is 74.5 cm³/mol. The van der Waals surface area contributed by atoms with E-state index in [0.717, 1.165) is 11.3 Å². The Balaban J connectivity index is 2.11. The fraction of sp³-hybridized carbons (Fsp3) is 0.286. The topological polar surface area (TPSA) is 64.2 Å². The Morgan fingerprint density at radius 3 is 2.58 bits per heavy atom. The lowest BCUT2D eigenvalue weighted by Crippen LogP contribution is -2.30. The number of nitrogens with zero attached hydrogens (tertiary/aromatic N) is 3. The first-order valence-electron chi connectivity index (χ1n) is 6.21. The third kappa shape index (κ3) is 3.13. The Morgan fingerprint density at radius 1 is 1.37 bits per heavy atom. The van der Waals surface area contributed by atoms with Crippen molar-refractivity contribution >= 4 is 11.6 Å². The van der Waals surface area contributed by atoms with E-state index in [-0.39, 0.29) is 5.91 Å². The molecule has 0 aliphatic rings. The van der Waals surface area contributed by atoms with Crippen LogP contribution in [0.4, 0.5) is 5.69 Å². The molecule has 0 fully saturated rings. The third-order valence-corrected chi connectivity index (χ3v) is 2.95. The zero-order valence-corrected chi connectivity index (χ0v) is 11.2. The van der Waals surface area contributed by atoms with Crippen LogP contribution < -0.4 is 5.73 Å². The Kier molecular flexibility index (Phi) is 3.85. The van der Waals surface area contributed by atoms with Gasteiger partial charge in [-0.1, -0.05) is 12.1 Å². The maximum atomic E-state index is 12.3. The Bertz CT molecular complexity index is 559.